The summed E-state index contributed by atoms with van der Waals surface area (Å²) in [5, 5.41) is 21.9. The lowest BCUT2D eigenvalue weighted by atomic mass is 10.1. The number of nitrogens with one attached hydrogen (secondary N) is 2. The first kappa shape index (κ1) is 24.3. The molecule has 0 aliphatic carbocycles. The second-order valence-corrected chi connectivity index (χ2v) is 6.85. The van der Waals surface area contributed by atoms with Gasteiger partial charge in [0.1, 0.15) is 18.6 Å². The standard InChI is InChI=1S/C17H29N5O7/c18-6-2-1-4-10(19)17(29)22-7-3-5-12(22)16(28)21-11(8-13(23)24)15(27)20-9-14(25)26/h10-12H,1-9,18-19H2,(H,20,27)(H,21,28)(H,23,24)(H,25,26). The molecule has 3 atom stereocenters. The van der Waals surface area contributed by atoms with Crippen LogP contribution in [-0.4, -0.2) is 82.5 Å². The average molecular weight is 415 g/mol. The number of amides is 3. The summed E-state index contributed by atoms with van der Waals surface area (Å²) in [6, 6.07) is -3.11. The summed E-state index contributed by atoms with van der Waals surface area (Å²) in [6.07, 6.45) is 2.03. The molecule has 12 nitrogen and oxygen atoms in total. The highest BCUT2D eigenvalue weighted by atomic mass is 16.4. The molecule has 1 aliphatic heterocycles. The summed E-state index contributed by atoms with van der Waals surface area (Å²) in [6.45, 7) is 0.109. The summed E-state index contributed by atoms with van der Waals surface area (Å²) in [4.78, 5) is 60.2. The van der Waals surface area contributed by atoms with Crippen LogP contribution in [0.2, 0.25) is 0 Å². The minimum Gasteiger partial charge on any atom is -0.481 e. The topological polar surface area (TPSA) is 205 Å². The Morgan fingerprint density at radius 2 is 1.79 bits per heavy atom. The molecular weight excluding hydrogens is 386 g/mol. The molecule has 12 heteroatoms. The first-order valence-electron chi connectivity index (χ1n) is 9.45. The fraction of sp³-hybridized carbons (Fsp3) is 0.706. The normalized spacial score (nSPS) is 18.0. The molecule has 0 radical (unpaired) electrons. The number of carbonyl (C=O) groups is 5. The van der Waals surface area contributed by atoms with E-state index in [2.05, 4.69) is 5.32 Å². The van der Waals surface area contributed by atoms with Crippen LogP contribution in [0.25, 0.3) is 0 Å². The van der Waals surface area contributed by atoms with Crippen LogP contribution < -0.4 is 22.1 Å². The van der Waals surface area contributed by atoms with E-state index in [-0.39, 0.29) is 5.91 Å². The van der Waals surface area contributed by atoms with E-state index in [0.29, 0.717) is 38.8 Å². The van der Waals surface area contributed by atoms with Crippen molar-refractivity contribution in [3.8, 4) is 0 Å². The van der Waals surface area contributed by atoms with Gasteiger partial charge < -0.3 is 37.2 Å². The minimum atomic E-state index is -1.46. The van der Waals surface area contributed by atoms with Crippen LogP contribution in [0.5, 0.6) is 0 Å². The molecule has 0 aromatic heterocycles. The largest absolute Gasteiger partial charge is 0.481 e. The Kier molecular flexibility index (Phi) is 10.0. The number of likely N-dealkylation sites (tertiary alicyclic amines) is 1. The van der Waals surface area contributed by atoms with Crippen molar-refractivity contribution in [1.29, 1.82) is 0 Å². The molecule has 29 heavy (non-hydrogen) atoms. The molecule has 0 aromatic carbocycles. The van der Waals surface area contributed by atoms with Crippen molar-refractivity contribution < 1.29 is 34.2 Å². The van der Waals surface area contributed by atoms with Gasteiger partial charge in [0.05, 0.1) is 12.5 Å². The molecule has 164 valence electrons. The van der Waals surface area contributed by atoms with Gasteiger partial charge in [0.15, 0.2) is 0 Å². The van der Waals surface area contributed by atoms with Gasteiger partial charge in [0.25, 0.3) is 0 Å². The third-order valence-electron chi connectivity index (χ3n) is 4.55. The van der Waals surface area contributed by atoms with Crippen molar-refractivity contribution in [2.45, 2.75) is 56.7 Å². The van der Waals surface area contributed by atoms with E-state index in [1.165, 1.54) is 4.90 Å². The Hall–Kier alpha value is -2.73. The van der Waals surface area contributed by atoms with E-state index in [9.17, 15) is 24.0 Å². The average Bonchev–Trinajstić information content (AvgIpc) is 3.14. The number of nitrogens with zero attached hydrogens (tertiary/aromatic N) is 1. The Morgan fingerprint density at radius 1 is 1.10 bits per heavy atom. The predicted octanol–water partition coefficient (Wildman–Crippen LogP) is -2.41. The maximum absolute atomic E-state index is 12.6. The molecule has 8 N–H and O–H groups in total. The number of hydrogen-bond acceptors (Lipinski definition) is 7. The fourth-order valence-electron chi connectivity index (χ4n) is 3.09. The highest BCUT2D eigenvalue weighted by Gasteiger charge is 2.37. The summed E-state index contributed by atoms with van der Waals surface area (Å²) >= 11 is 0. The second kappa shape index (κ2) is 12.0. The maximum atomic E-state index is 12.6. The molecule has 1 aliphatic rings. The molecule has 3 amide bonds. The van der Waals surface area contributed by atoms with Crippen molar-refractivity contribution in [2.24, 2.45) is 11.5 Å². The zero-order valence-electron chi connectivity index (χ0n) is 16.1. The van der Waals surface area contributed by atoms with Gasteiger partial charge >= 0.3 is 11.9 Å². The van der Waals surface area contributed by atoms with Crippen molar-refractivity contribution in [3.05, 3.63) is 0 Å². The van der Waals surface area contributed by atoms with Crippen LogP contribution in [0.15, 0.2) is 0 Å². The first-order chi connectivity index (χ1) is 13.7. The Bertz CT molecular complexity index is 627. The maximum Gasteiger partial charge on any atom is 0.322 e. The molecule has 1 fully saturated rings. The summed E-state index contributed by atoms with van der Waals surface area (Å²) in [7, 11) is 0. The van der Waals surface area contributed by atoms with Crippen LogP contribution in [0.3, 0.4) is 0 Å². The molecule has 1 heterocycles. The van der Waals surface area contributed by atoms with Gasteiger partial charge in [-0.25, -0.2) is 0 Å². The van der Waals surface area contributed by atoms with Crippen LogP contribution >= 0.6 is 0 Å². The number of aliphatic carboxylic acids is 2. The lowest BCUT2D eigenvalue weighted by Gasteiger charge is -2.28. The van der Waals surface area contributed by atoms with Crippen LogP contribution in [0.1, 0.15) is 38.5 Å². The number of carbonyl (C=O) groups excluding carboxylic acids is 3. The van der Waals surface area contributed by atoms with Gasteiger partial charge in [-0.3, -0.25) is 24.0 Å². The van der Waals surface area contributed by atoms with E-state index >= 15 is 0 Å². The number of rotatable bonds is 12. The number of hydrogen-bond donors (Lipinski definition) is 6. The van der Waals surface area contributed by atoms with Crippen LogP contribution in [0.4, 0.5) is 0 Å². The fourth-order valence-corrected chi connectivity index (χ4v) is 3.09. The van der Waals surface area contributed by atoms with Crippen molar-refractivity contribution in [3.63, 3.8) is 0 Å². The molecule has 1 rings (SSSR count). The monoisotopic (exact) mass is 415 g/mol. The number of nitrogens with two attached hydrogens (primary N) is 2. The Balaban J connectivity index is 2.76. The van der Waals surface area contributed by atoms with Gasteiger partial charge in [-0.05, 0) is 32.2 Å². The van der Waals surface area contributed by atoms with E-state index in [1.807, 2.05) is 5.32 Å². The zero-order chi connectivity index (χ0) is 22.0. The number of carboxylic acid groups (broad SMARTS) is 2. The SMILES string of the molecule is NCCCCC(N)C(=O)N1CCCC1C(=O)NC(CC(=O)O)C(=O)NCC(=O)O. The van der Waals surface area contributed by atoms with Crippen molar-refractivity contribution in [2.75, 3.05) is 19.6 Å². The van der Waals surface area contributed by atoms with Crippen LogP contribution in [0, 0.1) is 0 Å². The van der Waals surface area contributed by atoms with E-state index in [4.69, 9.17) is 21.7 Å². The van der Waals surface area contributed by atoms with Gasteiger partial charge in [-0.2, -0.15) is 0 Å². The molecule has 1 saturated heterocycles. The molecule has 3 unspecified atom stereocenters. The van der Waals surface area contributed by atoms with E-state index in [0.717, 1.165) is 6.42 Å². The smallest absolute Gasteiger partial charge is 0.322 e. The highest BCUT2D eigenvalue weighted by molar-refractivity contribution is 5.95. The molecular formula is C17H29N5O7. The van der Waals surface area contributed by atoms with E-state index in [1.54, 1.807) is 0 Å². The van der Waals surface area contributed by atoms with Gasteiger partial charge in [-0.1, -0.05) is 6.42 Å². The predicted molar refractivity (Wildman–Crippen MR) is 100 cm³/mol. The third kappa shape index (κ3) is 8.03. The summed E-state index contributed by atoms with van der Waals surface area (Å²) < 4.78 is 0. The number of unbranched alkanes of at least 4 members (excludes halogenated alkanes) is 1. The first-order valence-corrected chi connectivity index (χ1v) is 9.45. The molecule has 0 aromatic rings. The lowest BCUT2D eigenvalue weighted by molar-refractivity contribution is -0.143. The van der Waals surface area contributed by atoms with Gasteiger partial charge in [-0.15, -0.1) is 0 Å². The van der Waals surface area contributed by atoms with Gasteiger partial charge in [0.2, 0.25) is 17.7 Å². The molecule has 0 spiro atoms. The van der Waals surface area contributed by atoms with Crippen molar-refractivity contribution in [1.82, 2.24) is 15.5 Å². The zero-order valence-corrected chi connectivity index (χ0v) is 16.1. The number of carboxylic acids is 2. The quantitative estimate of drug-likeness (QED) is 0.187. The lowest BCUT2D eigenvalue weighted by Crippen LogP contribution is -2.55. The third-order valence-corrected chi connectivity index (χ3v) is 4.55. The van der Waals surface area contributed by atoms with Gasteiger partial charge in [0, 0.05) is 6.54 Å². The highest BCUT2D eigenvalue weighted by Crippen LogP contribution is 2.19. The minimum absolute atomic E-state index is 0.330. The Labute approximate surface area is 168 Å². The Morgan fingerprint density at radius 3 is 2.38 bits per heavy atom. The van der Waals surface area contributed by atoms with E-state index < -0.39 is 54.8 Å². The summed E-state index contributed by atoms with van der Waals surface area (Å²) in [5.74, 6) is -4.65. The van der Waals surface area contributed by atoms with Crippen molar-refractivity contribution >= 4 is 29.7 Å². The molecule has 0 bridgehead atoms. The summed E-state index contributed by atoms with van der Waals surface area (Å²) in [5.41, 5.74) is 11.3. The second-order valence-electron chi connectivity index (χ2n) is 6.85. The van der Waals surface area contributed by atoms with Crippen LogP contribution in [-0.2, 0) is 24.0 Å². The molecule has 0 saturated carbocycles.